The molecule has 34 heavy (non-hydrogen) atoms. The number of piperazine rings is 1. The molecule has 2 saturated heterocycles. The average Bonchev–Trinajstić information content (AvgIpc) is 3.52. The lowest BCUT2D eigenvalue weighted by atomic mass is 10.0. The highest BCUT2D eigenvalue weighted by molar-refractivity contribution is 6.35. The van der Waals surface area contributed by atoms with Crippen LogP contribution in [0.25, 0.3) is 0 Å². The molecule has 2 aliphatic heterocycles. The molecule has 3 heterocycles. The minimum Gasteiger partial charge on any atom is -0.362 e. The number of carbonyl (C=O) groups excluding carboxylic acids is 2. The lowest BCUT2D eigenvalue weighted by Gasteiger charge is -2.36. The molecule has 3 aliphatic rings. The molecule has 2 aromatic rings. The van der Waals surface area contributed by atoms with Gasteiger partial charge < -0.3 is 20.4 Å². The Morgan fingerprint density at radius 3 is 2.56 bits per heavy atom. The molecule has 8 nitrogen and oxygen atoms in total. The van der Waals surface area contributed by atoms with E-state index in [0.29, 0.717) is 59.4 Å². The summed E-state index contributed by atoms with van der Waals surface area (Å²) in [4.78, 5) is 37.9. The number of carbonyl (C=O) groups is 2. The van der Waals surface area contributed by atoms with E-state index in [0.717, 1.165) is 18.4 Å². The SMILES string of the molecule is C[C@@H](Nc1nc(N2CCN(C(=O)[C@H]3CC4(CC4)C(=O)N3)CC2)ncc1Cl)c1ccc(Cl)cc1Cl. The minimum atomic E-state index is -0.398. The predicted molar refractivity (Wildman–Crippen MR) is 133 cm³/mol. The van der Waals surface area contributed by atoms with E-state index in [1.54, 1.807) is 18.3 Å². The maximum absolute atomic E-state index is 12.9. The van der Waals surface area contributed by atoms with Gasteiger partial charge in [0.05, 0.1) is 17.7 Å². The second-order valence-corrected chi connectivity index (χ2v) is 10.5. The Balaban J connectivity index is 1.22. The molecular formula is C23H25Cl3N6O2. The van der Waals surface area contributed by atoms with Crippen LogP contribution in [0.1, 0.15) is 37.8 Å². The van der Waals surface area contributed by atoms with Crippen molar-refractivity contribution in [3.8, 4) is 0 Å². The number of aromatic nitrogens is 2. The normalized spacial score (nSPS) is 22.0. The molecule has 3 fully saturated rings. The first-order chi connectivity index (χ1) is 16.3. The first kappa shape index (κ1) is 23.5. The monoisotopic (exact) mass is 522 g/mol. The van der Waals surface area contributed by atoms with E-state index in [1.165, 1.54) is 0 Å². The van der Waals surface area contributed by atoms with Gasteiger partial charge in [-0.2, -0.15) is 4.98 Å². The summed E-state index contributed by atoms with van der Waals surface area (Å²) in [6.07, 6.45) is 3.98. The van der Waals surface area contributed by atoms with Gasteiger partial charge in [-0.25, -0.2) is 4.98 Å². The summed E-state index contributed by atoms with van der Waals surface area (Å²) in [6.45, 7) is 4.24. The molecule has 2 N–H and O–H groups in total. The fourth-order valence-corrected chi connectivity index (χ4v) is 5.39. The van der Waals surface area contributed by atoms with Gasteiger partial charge in [0.25, 0.3) is 0 Å². The second-order valence-electron chi connectivity index (χ2n) is 9.22. The first-order valence-electron chi connectivity index (χ1n) is 11.3. The van der Waals surface area contributed by atoms with Crippen molar-refractivity contribution in [2.75, 3.05) is 36.4 Å². The molecule has 11 heteroatoms. The van der Waals surface area contributed by atoms with Crippen molar-refractivity contribution < 1.29 is 9.59 Å². The zero-order valence-electron chi connectivity index (χ0n) is 18.7. The van der Waals surface area contributed by atoms with Crippen LogP contribution in [-0.4, -0.2) is 58.9 Å². The lowest BCUT2D eigenvalue weighted by Crippen LogP contribution is -2.53. The summed E-state index contributed by atoms with van der Waals surface area (Å²) in [5.74, 6) is 1.09. The van der Waals surface area contributed by atoms with Crippen molar-refractivity contribution in [3.05, 3.63) is 45.0 Å². The van der Waals surface area contributed by atoms with E-state index < -0.39 is 6.04 Å². The molecule has 0 bridgehead atoms. The number of nitrogens with zero attached hydrogens (tertiary/aromatic N) is 4. The standard InChI is InChI=1S/C23H25Cl3N6O2/c1-13(15-3-2-14(24)10-16(15)25)28-19-17(26)12-27-22(30-19)32-8-6-31(7-9-32)20(33)18-11-23(4-5-23)21(34)29-18/h2-3,10,12-13,18H,4-9,11H2,1H3,(H,29,34)(H,27,28,30)/t13-,18-/m1/s1. The van der Waals surface area contributed by atoms with Gasteiger partial charge in [0.1, 0.15) is 11.1 Å². The lowest BCUT2D eigenvalue weighted by molar-refractivity contribution is -0.134. The van der Waals surface area contributed by atoms with Crippen LogP contribution in [0.5, 0.6) is 0 Å². The molecule has 1 saturated carbocycles. The third kappa shape index (κ3) is 4.51. The predicted octanol–water partition coefficient (Wildman–Crippen LogP) is 3.93. The molecule has 0 unspecified atom stereocenters. The topological polar surface area (TPSA) is 90.5 Å². The molecule has 5 rings (SSSR count). The van der Waals surface area contributed by atoms with Crippen molar-refractivity contribution in [2.24, 2.45) is 5.41 Å². The Kier molecular flexibility index (Phi) is 6.25. The number of hydrogen-bond donors (Lipinski definition) is 2. The highest BCUT2D eigenvalue weighted by Gasteiger charge is 2.57. The summed E-state index contributed by atoms with van der Waals surface area (Å²) in [7, 11) is 0. The van der Waals surface area contributed by atoms with E-state index >= 15 is 0 Å². The smallest absolute Gasteiger partial charge is 0.245 e. The zero-order valence-corrected chi connectivity index (χ0v) is 20.9. The molecule has 2 atom stereocenters. The zero-order chi connectivity index (χ0) is 24.0. The highest BCUT2D eigenvalue weighted by Crippen LogP contribution is 2.52. The number of amides is 2. The van der Waals surface area contributed by atoms with Gasteiger partial charge in [-0.05, 0) is 43.9 Å². The van der Waals surface area contributed by atoms with Gasteiger partial charge >= 0.3 is 0 Å². The summed E-state index contributed by atoms with van der Waals surface area (Å²) in [5.41, 5.74) is 0.609. The van der Waals surface area contributed by atoms with Gasteiger partial charge in [0, 0.05) is 36.2 Å². The Morgan fingerprint density at radius 2 is 1.91 bits per heavy atom. The van der Waals surface area contributed by atoms with Crippen LogP contribution in [0.3, 0.4) is 0 Å². The molecule has 2 amide bonds. The number of hydrogen-bond acceptors (Lipinski definition) is 6. The van der Waals surface area contributed by atoms with Gasteiger partial charge in [0.15, 0.2) is 5.82 Å². The third-order valence-corrected chi connectivity index (χ3v) is 7.76. The summed E-state index contributed by atoms with van der Waals surface area (Å²) >= 11 is 18.7. The number of nitrogens with one attached hydrogen (secondary N) is 2. The molecule has 1 spiro atoms. The number of rotatable bonds is 5. The molecular weight excluding hydrogens is 499 g/mol. The quantitative estimate of drug-likeness (QED) is 0.617. The Hall–Kier alpha value is -2.29. The van der Waals surface area contributed by atoms with Gasteiger partial charge in [-0.3, -0.25) is 9.59 Å². The largest absolute Gasteiger partial charge is 0.362 e. The van der Waals surface area contributed by atoms with Gasteiger partial charge in [-0.15, -0.1) is 0 Å². The highest BCUT2D eigenvalue weighted by atomic mass is 35.5. The van der Waals surface area contributed by atoms with Gasteiger partial charge in [-0.1, -0.05) is 40.9 Å². The number of anilines is 2. The molecule has 0 radical (unpaired) electrons. The second kappa shape index (κ2) is 9.06. The maximum atomic E-state index is 12.9. The van der Waals surface area contributed by atoms with Crippen molar-refractivity contribution in [3.63, 3.8) is 0 Å². The van der Waals surface area contributed by atoms with Crippen molar-refractivity contribution >= 4 is 58.4 Å². The van der Waals surface area contributed by atoms with E-state index in [9.17, 15) is 9.59 Å². The van der Waals surface area contributed by atoms with Crippen LogP contribution in [0.4, 0.5) is 11.8 Å². The Morgan fingerprint density at radius 1 is 1.18 bits per heavy atom. The molecule has 1 aromatic heterocycles. The fourth-order valence-electron chi connectivity index (χ4n) is 4.67. The van der Waals surface area contributed by atoms with Crippen molar-refractivity contribution in [1.29, 1.82) is 0 Å². The van der Waals surface area contributed by atoms with Crippen LogP contribution in [-0.2, 0) is 9.59 Å². The molecule has 1 aromatic carbocycles. The third-order valence-electron chi connectivity index (χ3n) is 6.92. The summed E-state index contributed by atoms with van der Waals surface area (Å²) < 4.78 is 0. The Labute approximate surface area is 213 Å². The van der Waals surface area contributed by atoms with E-state index in [1.807, 2.05) is 22.8 Å². The van der Waals surface area contributed by atoms with E-state index in [-0.39, 0.29) is 23.3 Å². The first-order valence-corrected chi connectivity index (χ1v) is 12.5. The maximum Gasteiger partial charge on any atom is 0.245 e. The van der Waals surface area contributed by atoms with Crippen LogP contribution < -0.4 is 15.5 Å². The Bertz CT molecular complexity index is 1130. The molecule has 180 valence electrons. The number of halogens is 3. The number of benzene rings is 1. The van der Waals surface area contributed by atoms with Crippen LogP contribution in [0, 0.1) is 5.41 Å². The fraction of sp³-hybridized carbons (Fsp3) is 0.478. The van der Waals surface area contributed by atoms with E-state index in [4.69, 9.17) is 34.8 Å². The van der Waals surface area contributed by atoms with Crippen LogP contribution in [0.15, 0.2) is 24.4 Å². The van der Waals surface area contributed by atoms with Crippen molar-refractivity contribution in [1.82, 2.24) is 20.2 Å². The van der Waals surface area contributed by atoms with Crippen LogP contribution in [0.2, 0.25) is 15.1 Å². The van der Waals surface area contributed by atoms with Crippen LogP contribution >= 0.6 is 34.8 Å². The minimum absolute atomic E-state index is 0.00447. The van der Waals surface area contributed by atoms with Gasteiger partial charge in [0.2, 0.25) is 17.8 Å². The van der Waals surface area contributed by atoms with E-state index in [2.05, 4.69) is 20.6 Å². The van der Waals surface area contributed by atoms with Crippen molar-refractivity contribution in [2.45, 2.75) is 38.3 Å². The summed E-state index contributed by atoms with van der Waals surface area (Å²) in [6, 6.07) is 4.80. The average molecular weight is 524 g/mol. The molecule has 1 aliphatic carbocycles. The summed E-state index contributed by atoms with van der Waals surface area (Å²) in [5, 5.41) is 7.73.